The molecule has 0 amide bonds. The first-order valence-corrected chi connectivity index (χ1v) is 13.3. The first-order valence-electron chi connectivity index (χ1n) is 6.57. The van der Waals surface area contributed by atoms with Gasteiger partial charge in [-0.2, -0.15) is 0 Å². The lowest BCUT2D eigenvalue weighted by atomic mass is 10.5. The standard InChI is InChI=1S/C13H28O3Si2/c1-7-17(3,4)11-12-18(5,6)10-8-9-16-13(14)15-2/h7H,1,8-12H2,2-6H3. The number of carbonyl (C=O) groups excluding carboxylic acids is 1. The zero-order valence-electron chi connectivity index (χ0n) is 12.5. The Bertz CT molecular complexity index is 275. The van der Waals surface area contributed by atoms with E-state index in [9.17, 15) is 4.79 Å². The predicted molar refractivity (Wildman–Crippen MR) is 82.6 cm³/mol. The Morgan fingerprint density at radius 3 is 2.28 bits per heavy atom. The monoisotopic (exact) mass is 288 g/mol. The number of hydrogen-bond donors (Lipinski definition) is 0. The smallest absolute Gasteiger partial charge is 0.438 e. The maximum Gasteiger partial charge on any atom is 0.507 e. The third kappa shape index (κ3) is 8.52. The molecule has 0 aromatic carbocycles. The van der Waals surface area contributed by atoms with E-state index < -0.39 is 22.3 Å². The van der Waals surface area contributed by atoms with Crippen molar-refractivity contribution in [2.24, 2.45) is 0 Å². The third-order valence-electron chi connectivity index (χ3n) is 3.38. The summed E-state index contributed by atoms with van der Waals surface area (Å²) >= 11 is 0. The van der Waals surface area contributed by atoms with E-state index in [1.165, 1.54) is 25.2 Å². The molecule has 3 nitrogen and oxygen atoms in total. The van der Waals surface area contributed by atoms with Crippen LogP contribution in [-0.2, 0) is 9.47 Å². The molecule has 0 aromatic heterocycles. The molecule has 0 heterocycles. The van der Waals surface area contributed by atoms with E-state index in [1.807, 2.05) is 0 Å². The van der Waals surface area contributed by atoms with Gasteiger partial charge in [-0.1, -0.05) is 44.3 Å². The van der Waals surface area contributed by atoms with Crippen molar-refractivity contribution in [3.63, 3.8) is 0 Å². The SMILES string of the molecule is C=C[Si](C)(C)CC[Si](C)(C)CCCOC(=O)OC. The molecule has 5 heteroatoms. The Morgan fingerprint density at radius 2 is 1.78 bits per heavy atom. The van der Waals surface area contributed by atoms with Crippen LogP contribution in [0.3, 0.4) is 0 Å². The molecule has 0 N–H and O–H groups in total. The fourth-order valence-electron chi connectivity index (χ4n) is 1.65. The molecule has 0 fully saturated rings. The van der Waals surface area contributed by atoms with Gasteiger partial charge >= 0.3 is 6.16 Å². The second-order valence-electron chi connectivity index (χ2n) is 6.26. The van der Waals surface area contributed by atoms with Crippen LogP contribution in [0.2, 0.25) is 44.3 Å². The second kappa shape index (κ2) is 7.79. The first-order chi connectivity index (χ1) is 8.22. The number of methoxy groups -OCH3 is 1. The average molecular weight is 289 g/mol. The van der Waals surface area contributed by atoms with Gasteiger partial charge in [0.2, 0.25) is 0 Å². The van der Waals surface area contributed by atoms with Crippen molar-refractivity contribution >= 4 is 22.3 Å². The van der Waals surface area contributed by atoms with Gasteiger partial charge in [0.25, 0.3) is 0 Å². The highest BCUT2D eigenvalue weighted by Gasteiger charge is 2.25. The summed E-state index contributed by atoms with van der Waals surface area (Å²) in [6.45, 7) is 14.0. The third-order valence-corrected chi connectivity index (χ3v) is 9.84. The molecule has 0 saturated carbocycles. The maximum absolute atomic E-state index is 10.8. The molecular formula is C13H28O3Si2. The predicted octanol–water partition coefficient (Wildman–Crippen LogP) is 4.30. The normalized spacial score (nSPS) is 12.1. The molecule has 0 aliphatic rings. The number of carbonyl (C=O) groups is 1. The molecule has 0 rings (SSSR count). The fourth-order valence-corrected chi connectivity index (χ4v) is 8.49. The average Bonchev–Trinajstić information content (AvgIpc) is 2.32. The van der Waals surface area contributed by atoms with Gasteiger partial charge in [0.05, 0.1) is 21.8 Å². The van der Waals surface area contributed by atoms with E-state index in [0.717, 1.165) is 6.42 Å². The van der Waals surface area contributed by atoms with Crippen molar-refractivity contribution in [1.82, 2.24) is 0 Å². The Morgan fingerprint density at radius 1 is 1.17 bits per heavy atom. The number of ether oxygens (including phenoxy) is 2. The van der Waals surface area contributed by atoms with Crippen LogP contribution in [0.15, 0.2) is 12.3 Å². The van der Waals surface area contributed by atoms with Crippen LogP contribution in [-0.4, -0.2) is 36.0 Å². The maximum atomic E-state index is 10.8. The molecular weight excluding hydrogens is 260 g/mol. The summed E-state index contributed by atoms with van der Waals surface area (Å²) in [5.41, 5.74) is 2.18. The lowest BCUT2D eigenvalue weighted by Gasteiger charge is -2.26. The van der Waals surface area contributed by atoms with E-state index in [-0.39, 0.29) is 0 Å². The van der Waals surface area contributed by atoms with E-state index in [4.69, 9.17) is 4.74 Å². The van der Waals surface area contributed by atoms with Gasteiger partial charge in [0.1, 0.15) is 0 Å². The highest BCUT2D eigenvalue weighted by Crippen LogP contribution is 2.24. The van der Waals surface area contributed by atoms with Gasteiger partial charge in [0.15, 0.2) is 0 Å². The Labute approximate surface area is 114 Å². The summed E-state index contributed by atoms with van der Waals surface area (Å²) < 4.78 is 9.34. The highest BCUT2D eigenvalue weighted by molar-refractivity contribution is 6.85. The first kappa shape index (κ1) is 17.4. The van der Waals surface area contributed by atoms with Crippen molar-refractivity contribution in [3.05, 3.63) is 12.3 Å². The minimum atomic E-state index is -1.17. The summed E-state index contributed by atoms with van der Waals surface area (Å²) in [6, 6.07) is 3.87. The second-order valence-corrected chi connectivity index (χ2v) is 16.5. The molecule has 0 radical (unpaired) electrons. The lowest BCUT2D eigenvalue weighted by Crippen LogP contribution is -2.31. The number of rotatable bonds is 8. The van der Waals surface area contributed by atoms with E-state index in [0.29, 0.717) is 6.61 Å². The van der Waals surface area contributed by atoms with E-state index >= 15 is 0 Å². The quantitative estimate of drug-likeness (QED) is 0.379. The summed E-state index contributed by atoms with van der Waals surface area (Å²) in [5, 5.41) is 0. The van der Waals surface area contributed by atoms with Crippen LogP contribution >= 0.6 is 0 Å². The summed E-state index contributed by atoms with van der Waals surface area (Å²) in [7, 11) is -0.985. The minimum absolute atomic E-state index is 0.478. The molecule has 0 atom stereocenters. The molecule has 0 bridgehead atoms. The fraction of sp³-hybridized carbons (Fsp3) is 0.769. The molecule has 106 valence electrons. The molecule has 18 heavy (non-hydrogen) atoms. The summed E-state index contributed by atoms with van der Waals surface area (Å²) in [6.07, 6.45) is 0.374. The topological polar surface area (TPSA) is 35.5 Å². The van der Waals surface area contributed by atoms with Gasteiger partial charge in [0, 0.05) is 8.07 Å². The van der Waals surface area contributed by atoms with Crippen molar-refractivity contribution in [3.8, 4) is 0 Å². The van der Waals surface area contributed by atoms with Crippen molar-refractivity contribution in [2.45, 2.75) is 50.7 Å². The highest BCUT2D eigenvalue weighted by atomic mass is 28.3. The van der Waals surface area contributed by atoms with E-state index in [1.54, 1.807) is 0 Å². The molecule has 0 aliphatic heterocycles. The van der Waals surface area contributed by atoms with Gasteiger partial charge in [-0.3, -0.25) is 0 Å². The van der Waals surface area contributed by atoms with Crippen LogP contribution < -0.4 is 0 Å². The molecule has 0 saturated heterocycles. The van der Waals surface area contributed by atoms with Crippen LogP contribution in [0.5, 0.6) is 0 Å². The molecule has 0 aromatic rings. The lowest BCUT2D eigenvalue weighted by molar-refractivity contribution is 0.0728. The summed E-state index contributed by atoms with van der Waals surface area (Å²) in [5.74, 6) is 0. The zero-order valence-corrected chi connectivity index (χ0v) is 14.5. The Kier molecular flexibility index (Phi) is 7.55. The van der Waals surface area contributed by atoms with Crippen molar-refractivity contribution in [2.75, 3.05) is 13.7 Å². The van der Waals surface area contributed by atoms with Crippen LogP contribution in [0, 0.1) is 0 Å². The summed E-state index contributed by atoms with van der Waals surface area (Å²) in [4.78, 5) is 10.8. The van der Waals surface area contributed by atoms with Gasteiger partial charge in [-0.05, 0) is 6.42 Å². The number of hydrogen-bond acceptors (Lipinski definition) is 3. The van der Waals surface area contributed by atoms with Crippen LogP contribution in [0.1, 0.15) is 6.42 Å². The van der Waals surface area contributed by atoms with Gasteiger partial charge < -0.3 is 9.47 Å². The van der Waals surface area contributed by atoms with Crippen molar-refractivity contribution < 1.29 is 14.3 Å². The van der Waals surface area contributed by atoms with Gasteiger partial charge in [-0.15, -0.1) is 12.3 Å². The van der Waals surface area contributed by atoms with Crippen molar-refractivity contribution in [1.29, 1.82) is 0 Å². The Balaban J connectivity index is 3.87. The Hall–Kier alpha value is -0.556. The van der Waals surface area contributed by atoms with Crippen LogP contribution in [0.4, 0.5) is 4.79 Å². The molecule has 0 aliphatic carbocycles. The minimum Gasteiger partial charge on any atom is -0.438 e. The molecule has 0 unspecified atom stereocenters. The van der Waals surface area contributed by atoms with E-state index in [2.05, 4.69) is 43.2 Å². The molecule has 0 spiro atoms. The largest absolute Gasteiger partial charge is 0.507 e. The van der Waals surface area contributed by atoms with Gasteiger partial charge in [-0.25, -0.2) is 4.79 Å². The zero-order chi connectivity index (χ0) is 14.2. The van der Waals surface area contributed by atoms with Crippen LogP contribution in [0.25, 0.3) is 0 Å².